The molecule has 6 rings (SSSR count). The minimum absolute atomic E-state index is 0.0891. The van der Waals surface area contributed by atoms with Crippen LogP contribution >= 0.6 is 0 Å². The zero-order chi connectivity index (χ0) is 26.5. The van der Waals surface area contributed by atoms with Crippen molar-refractivity contribution in [1.82, 2.24) is 4.98 Å². The van der Waals surface area contributed by atoms with Crippen LogP contribution < -0.4 is 15.5 Å². The Morgan fingerprint density at radius 2 is 1.82 bits per heavy atom. The van der Waals surface area contributed by atoms with Gasteiger partial charge in [0.25, 0.3) is 11.8 Å². The molecule has 1 aromatic heterocycles. The van der Waals surface area contributed by atoms with E-state index in [0.717, 1.165) is 48.9 Å². The van der Waals surface area contributed by atoms with Gasteiger partial charge >= 0.3 is 0 Å². The molecule has 3 fully saturated rings. The molecule has 8 heteroatoms. The zero-order valence-electron chi connectivity index (χ0n) is 22.0. The number of halogens is 2. The predicted octanol–water partition coefficient (Wildman–Crippen LogP) is 6.16. The minimum Gasteiger partial charge on any atom is -0.394 e. The molecule has 0 radical (unpaired) electrons. The molecule has 0 atom stereocenters. The molecule has 1 aliphatic heterocycles. The number of aliphatic hydroxyl groups is 1. The number of nitrogens with one attached hydrogen (secondary N) is 2. The first-order valence-electron chi connectivity index (χ1n) is 13.8. The molecule has 4 aliphatic rings. The van der Waals surface area contributed by atoms with Crippen LogP contribution in [-0.4, -0.2) is 47.2 Å². The van der Waals surface area contributed by atoms with Crippen molar-refractivity contribution in [3.63, 3.8) is 0 Å². The third-order valence-corrected chi connectivity index (χ3v) is 8.86. The first-order valence-corrected chi connectivity index (χ1v) is 13.8. The quantitative estimate of drug-likeness (QED) is 0.406. The van der Waals surface area contributed by atoms with Gasteiger partial charge in [-0.2, -0.15) is 0 Å². The lowest BCUT2D eigenvalue weighted by Gasteiger charge is -2.32. The summed E-state index contributed by atoms with van der Waals surface area (Å²) in [5.74, 6) is -1.84. The smallest absolute Gasteiger partial charge is 0.257 e. The second-order valence-electron chi connectivity index (χ2n) is 11.9. The largest absolute Gasteiger partial charge is 0.394 e. The number of aromatic nitrogens is 1. The fourth-order valence-corrected chi connectivity index (χ4v) is 5.81. The summed E-state index contributed by atoms with van der Waals surface area (Å²) in [5.41, 5.74) is 4.75. The number of allylic oxidation sites excluding steroid dienone is 2. The third-order valence-electron chi connectivity index (χ3n) is 8.86. The van der Waals surface area contributed by atoms with Crippen LogP contribution in [0.1, 0.15) is 79.3 Å². The average Bonchev–Trinajstić information content (AvgIpc) is 3.82. The van der Waals surface area contributed by atoms with Crippen LogP contribution in [0.4, 0.5) is 26.1 Å². The van der Waals surface area contributed by atoms with Gasteiger partial charge in [0.2, 0.25) is 0 Å². The van der Waals surface area contributed by atoms with Crippen LogP contribution in [0, 0.1) is 12.3 Å². The van der Waals surface area contributed by atoms with Gasteiger partial charge in [-0.1, -0.05) is 6.08 Å². The Hall–Kier alpha value is -3.00. The lowest BCUT2D eigenvalue weighted by Crippen LogP contribution is -2.39. The number of hydrogen-bond acceptors (Lipinski definition) is 5. The van der Waals surface area contributed by atoms with Crippen molar-refractivity contribution in [3.8, 4) is 0 Å². The van der Waals surface area contributed by atoms with Gasteiger partial charge in [-0.15, -0.1) is 0 Å². The first kappa shape index (κ1) is 25.3. The number of anilines is 3. The van der Waals surface area contributed by atoms with E-state index < -0.39 is 5.92 Å². The Morgan fingerprint density at radius 3 is 2.45 bits per heavy atom. The van der Waals surface area contributed by atoms with E-state index in [-0.39, 0.29) is 44.0 Å². The molecule has 1 saturated heterocycles. The zero-order valence-corrected chi connectivity index (χ0v) is 22.0. The fourth-order valence-electron chi connectivity index (χ4n) is 5.81. The number of benzene rings is 1. The summed E-state index contributed by atoms with van der Waals surface area (Å²) < 4.78 is 27.3. The van der Waals surface area contributed by atoms with E-state index in [1.165, 1.54) is 18.4 Å². The lowest BCUT2D eigenvalue weighted by molar-refractivity contribution is -0.0221. The number of carbonyl (C=O) groups excluding carboxylic acids is 1. The van der Waals surface area contributed by atoms with Crippen LogP contribution in [-0.2, 0) is 0 Å². The normalized spacial score (nSPS) is 22.5. The molecule has 2 heterocycles. The molecule has 0 bridgehead atoms. The Kier molecular flexibility index (Phi) is 6.21. The Balaban J connectivity index is 1.26. The number of aryl methyl sites for hydroxylation is 1. The van der Waals surface area contributed by atoms with Crippen molar-refractivity contribution in [2.75, 3.05) is 35.2 Å². The standard InChI is InChI=1S/C30H36F2N4O2/c1-20-16-25(33-26(17-20)36-14-12-30(31,32)13-15-36)34-27(38)23-3-2-22(35-29(19-37)10-11-29)18-24(23)21-4-6-28(7-5-21)8-9-28/h2-4,16-18,35,37H,5-15,19H2,1H3,(H,33,34,38). The Bertz CT molecular complexity index is 1270. The SMILES string of the molecule is Cc1cc(NC(=O)c2ccc(NC3(CO)CC3)cc2C2=CCC3(CC2)CC3)nc(N2CCC(F)(F)CC2)c1. The molecular formula is C30H36F2N4O2. The molecule has 1 amide bonds. The van der Waals surface area contributed by atoms with Crippen LogP contribution in [0.2, 0.25) is 0 Å². The monoisotopic (exact) mass is 522 g/mol. The Morgan fingerprint density at radius 1 is 1.05 bits per heavy atom. The summed E-state index contributed by atoms with van der Waals surface area (Å²) in [6, 6.07) is 9.49. The number of rotatable bonds is 7. The Labute approximate surface area is 222 Å². The van der Waals surface area contributed by atoms with E-state index in [4.69, 9.17) is 0 Å². The summed E-state index contributed by atoms with van der Waals surface area (Å²) in [6.07, 6.45) is 9.52. The number of hydrogen-bond donors (Lipinski definition) is 3. The maximum Gasteiger partial charge on any atom is 0.257 e. The van der Waals surface area contributed by atoms with Crippen molar-refractivity contribution >= 4 is 28.8 Å². The van der Waals surface area contributed by atoms with Crippen LogP contribution in [0.15, 0.2) is 36.4 Å². The summed E-state index contributed by atoms with van der Waals surface area (Å²) in [6.45, 7) is 2.48. The van der Waals surface area contributed by atoms with Gasteiger partial charge in [0.1, 0.15) is 11.6 Å². The van der Waals surface area contributed by atoms with Crippen molar-refractivity contribution in [2.45, 2.75) is 76.2 Å². The molecule has 2 aromatic rings. The average molecular weight is 523 g/mol. The molecule has 38 heavy (non-hydrogen) atoms. The summed E-state index contributed by atoms with van der Waals surface area (Å²) in [5, 5.41) is 16.2. The number of amides is 1. The molecule has 0 unspecified atom stereocenters. The van der Waals surface area contributed by atoms with Gasteiger partial charge in [-0.3, -0.25) is 4.79 Å². The van der Waals surface area contributed by atoms with E-state index in [1.54, 1.807) is 0 Å². The van der Waals surface area contributed by atoms with Crippen molar-refractivity contribution in [2.24, 2.45) is 5.41 Å². The third kappa shape index (κ3) is 5.28. The predicted molar refractivity (Wildman–Crippen MR) is 146 cm³/mol. The molecular weight excluding hydrogens is 486 g/mol. The van der Waals surface area contributed by atoms with Gasteiger partial charge in [-0.05, 0) is 104 Å². The van der Waals surface area contributed by atoms with E-state index in [1.807, 2.05) is 42.2 Å². The maximum absolute atomic E-state index is 13.7. The molecule has 6 nitrogen and oxygen atoms in total. The molecule has 3 aliphatic carbocycles. The number of carbonyl (C=O) groups is 1. The van der Waals surface area contributed by atoms with Gasteiger partial charge < -0.3 is 20.6 Å². The topological polar surface area (TPSA) is 77.5 Å². The number of nitrogens with zero attached hydrogens (tertiary/aromatic N) is 2. The van der Waals surface area contributed by atoms with E-state index in [2.05, 4.69) is 21.7 Å². The van der Waals surface area contributed by atoms with E-state index in [0.29, 0.717) is 22.6 Å². The number of alkyl halides is 2. The van der Waals surface area contributed by atoms with E-state index in [9.17, 15) is 18.7 Å². The van der Waals surface area contributed by atoms with Crippen molar-refractivity contribution in [1.29, 1.82) is 0 Å². The van der Waals surface area contributed by atoms with Crippen LogP contribution in [0.3, 0.4) is 0 Å². The molecule has 2 saturated carbocycles. The second kappa shape index (κ2) is 9.33. The molecule has 1 spiro atoms. The van der Waals surface area contributed by atoms with Gasteiger partial charge in [-0.25, -0.2) is 13.8 Å². The van der Waals surface area contributed by atoms with Gasteiger partial charge in [0.05, 0.1) is 12.1 Å². The maximum atomic E-state index is 13.7. The number of aliphatic hydroxyl groups excluding tert-OH is 1. The van der Waals surface area contributed by atoms with Crippen molar-refractivity contribution in [3.05, 3.63) is 53.1 Å². The molecule has 202 valence electrons. The molecule has 3 N–H and O–H groups in total. The van der Waals surface area contributed by atoms with E-state index >= 15 is 0 Å². The van der Waals surface area contributed by atoms with Crippen molar-refractivity contribution < 1.29 is 18.7 Å². The summed E-state index contributed by atoms with van der Waals surface area (Å²) >= 11 is 0. The van der Waals surface area contributed by atoms with Gasteiger partial charge in [0, 0.05) is 37.2 Å². The number of piperidine rings is 1. The van der Waals surface area contributed by atoms with Crippen LogP contribution in [0.5, 0.6) is 0 Å². The minimum atomic E-state index is -2.63. The fraction of sp³-hybridized carbons (Fsp3) is 0.533. The second-order valence-corrected chi connectivity index (χ2v) is 11.9. The highest BCUT2D eigenvalue weighted by Gasteiger charge is 2.44. The highest BCUT2D eigenvalue weighted by molar-refractivity contribution is 6.07. The summed E-state index contributed by atoms with van der Waals surface area (Å²) in [7, 11) is 0. The number of pyridine rings is 1. The lowest BCUT2D eigenvalue weighted by atomic mass is 9.83. The molecule has 1 aromatic carbocycles. The highest BCUT2D eigenvalue weighted by Crippen LogP contribution is 2.56. The highest BCUT2D eigenvalue weighted by atomic mass is 19.3. The van der Waals surface area contributed by atoms with Crippen LogP contribution in [0.25, 0.3) is 5.57 Å². The summed E-state index contributed by atoms with van der Waals surface area (Å²) in [4.78, 5) is 20.1. The van der Waals surface area contributed by atoms with Gasteiger partial charge in [0.15, 0.2) is 0 Å². The first-order chi connectivity index (χ1) is 18.2.